The molecule has 1 amide bonds. The van der Waals surface area contributed by atoms with E-state index in [1.807, 2.05) is 55.5 Å². The Hall–Kier alpha value is -3.98. The number of rotatable bonds is 10. The van der Waals surface area contributed by atoms with E-state index in [-0.39, 0.29) is 19.1 Å². The molecule has 1 heterocycles. The first-order chi connectivity index (χ1) is 17.9. The van der Waals surface area contributed by atoms with E-state index in [2.05, 4.69) is 31.2 Å². The number of methoxy groups -OCH3 is 1. The summed E-state index contributed by atoms with van der Waals surface area (Å²) >= 11 is 3.39. The number of amides is 1. The van der Waals surface area contributed by atoms with Gasteiger partial charge >= 0.3 is 5.97 Å². The van der Waals surface area contributed by atoms with Crippen LogP contribution in [0.3, 0.4) is 0 Å². The number of aromatic nitrogens is 2. The lowest BCUT2D eigenvalue weighted by molar-refractivity contribution is -0.142. The van der Waals surface area contributed by atoms with Gasteiger partial charge in [-0.1, -0.05) is 40.2 Å². The minimum atomic E-state index is -0.812. The number of ether oxygens (including phenoxy) is 3. The van der Waals surface area contributed by atoms with E-state index in [0.717, 1.165) is 21.1 Å². The number of nitrogens with one attached hydrogen (secondary N) is 1. The normalized spacial score (nSPS) is 11.5. The topological polar surface area (TPSA) is 99.6 Å². The third-order valence-corrected chi connectivity index (χ3v) is 6.08. The van der Waals surface area contributed by atoms with E-state index in [4.69, 9.17) is 14.2 Å². The molecule has 8 nitrogen and oxygen atoms in total. The lowest BCUT2D eigenvalue weighted by atomic mass is 10.1. The van der Waals surface area contributed by atoms with Crippen molar-refractivity contribution >= 4 is 38.8 Å². The Kier molecular flexibility index (Phi) is 8.68. The van der Waals surface area contributed by atoms with Crippen molar-refractivity contribution in [1.29, 1.82) is 0 Å². The number of nitrogens with zero attached hydrogens (tertiary/aromatic N) is 2. The van der Waals surface area contributed by atoms with Crippen LogP contribution in [-0.2, 0) is 16.0 Å². The second kappa shape index (κ2) is 12.3. The van der Waals surface area contributed by atoms with Crippen LogP contribution in [0.5, 0.6) is 11.6 Å². The molecule has 1 atom stereocenters. The smallest absolute Gasteiger partial charge is 0.328 e. The predicted octanol–water partition coefficient (Wildman–Crippen LogP) is 4.67. The highest BCUT2D eigenvalue weighted by molar-refractivity contribution is 9.10. The fraction of sp³-hybridized carbons (Fsp3) is 0.214. The molecule has 190 valence electrons. The van der Waals surface area contributed by atoms with Gasteiger partial charge in [0.25, 0.3) is 5.91 Å². The van der Waals surface area contributed by atoms with Crippen molar-refractivity contribution in [1.82, 2.24) is 15.3 Å². The Morgan fingerprint density at radius 1 is 0.892 bits per heavy atom. The number of hydrogen-bond acceptors (Lipinski definition) is 7. The molecule has 0 aliphatic rings. The largest absolute Gasteiger partial charge is 0.490 e. The zero-order valence-corrected chi connectivity index (χ0v) is 22.0. The van der Waals surface area contributed by atoms with Crippen molar-refractivity contribution < 1.29 is 23.8 Å². The molecular weight excluding hydrogens is 538 g/mol. The van der Waals surface area contributed by atoms with E-state index in [0.29, 0.717) is 29.3 Å². The molecule has 37 heavy (non-hydrogen) atoms. The molecule has 0 spiro atoms. The van der Waals surface area contributed by atoms with E-state index < -0.39 is 12.0 Å². The van der Waals surface area contributed by atoms with Crippen molar-refractivity contribution in [3.63, 3.8) is 0 Å². The van der Waals surface area contributed by atoms with Crippen LogP contribution >= 0.6 is 15.9 Å². The maximum atomic E-state index is 12.8. The number of fused-ring (bicyclic) bond motifs is 1. The van der Waals surface area contributed by atoms with E-state index in [1.165, 1.54) is 7.11 Å². The Morgan fingerprint density at radius 2 is 1.54 bits per heavy atom. The summed E-state index contributed by atoms with van der Waals surface area (Å²) in [6.45, 7) is 2.42. The van der Waals surface area contributed by atoms with Gasteiger partial charge < -0.3 is 19.5 Å². The van der Waals surface area contributed by atoms with Gasteiger partial charge in [0, 0.05) is 16.5 Å². The molecule has 3 aromatic carbocycles. The molecule has 0 saturated heterocycles. The van der Waals surface area contributed by atoms with Gasteiger partial charge in [-0.3, -0.25) is 4.79 Å². The second-order valence-electron chi connectivity index (χ2n) is 8.20. The number of para-hydroxylation sites is 2. The first-order valence-electron chi connectivity index (χ1n) is 11.6. The number of hydrogen-bond donors (Lipinski definition) is 1. The summed E-state index contributed by atoms with van der Waals surface area (Å²) < 4.78 is 17.3. The predicted molar refractivity (Wildman–Crippen MR) is 143 cm³/mol. The molecule has 4 aromatic rings. The standard InChI is InChI=1S/C28H26BrN3O5/c1-18-27(32-24-6-4-3-5-23(24)30-18)37-16-15-36-22-13-9-20(10-14-22)26(33)31-25(28(34)35-2)17-19-7-11-21(29)12-8-19/h3-14,25H,15-17H2,1-2H3,(H,31,33)/t25-/m0/s1. The molecular formula is C28H26BrN3O5. The average Bonchev–Trinajstić information content (AvgIpc) is 2.92. The molecule has 1 N–H and O–H groups in total. The van der Waals surface area contributed by atoms with Gasteiger partial charge in [-0.2, -0.15) is 0 Å². The second-order valence-corrected chi connectivity index (χ2v) is 9.12. The zero-order valence-electron chi connectivity index (χ0n) is 20.4. The summed E-state index contributed by atoms with van der Waals surface area (Å²) in [7, 11) is 1.30. The summed E-state index contributed by atoms with van der Waals surface area (Å²) in [6, 6.07) is 21.0. The summed E-state index contributed by atoms with van der Waals surface area (Å²) in [5.74, 6) is 0.161. The third-order valence-electron chi connectivity index (χ3n) is 5.55. The Morgan fingerprint density at radius 3 is 2.22 bits per heavy atom. The summed E-state index contributed by atoms with van der Waals surface area (Å²) in [5.41, 5.74) is 3.59. The average molecular weight is 564 g/mol. The number of halogens is 1. The Labute approximate surface area is 223 Å². The van der Waals surface area contributed by atoms with E-state index >= 15 is 0 Å². The van der Waals surface area contributed by atoms with Gasteiger partial charge in [-0.05, 0) is 61.0 Å². The minimum Gasteiger partial charge on any atom is -0.490 e. The van der Waals surface area contributed by atoms with Crippen LogP contribution in [0.1, 0.15) is 21.6 Å². The Balaban J connectivity index is 1.29. The van der Waals surface area contributed by atoms with Crippen LogP contribution in [-0.4, -0.2) is 48.2 Å². The van der Waals surface area contributed by atoms with Crippen molar-refractivity contribution in [2.45, 2.75) is 19.4 Å². The van der Waals surface area contributed by atoms with Gasteiger partial charge in [0.2, 0.25) is 5.88 Å². The fourth-order valence-electron chi connectivity index (χ4n) is 3.64. The van der Waals surface area contributed by atoms with Gasteiger partial charge in [0.05, 0.1) is 18.1 Å². The molecule has 0 saturated carbocycles. The highest BCUT2D eigenvalue weighted by Gasteiger charge is 2.22. The first kappa shape index (κ1) is 26.1. The number of carbonyl (C=O) groups excluding carboxylic acids is 2. The van der Waals surface area contributed by atoms with Crippen molar-refractivity contribution in [2.75, 3.05) is 20.3 Å². The maximum Gasteiger partial charge on any atom is 0.328 e. The number of aryl methyl sites for hydroxylation is 1. The lowest BCUT2D eigenvalue weighted by Crippen LogP contribution is -2.43. The monoisotopic (exact) mass is 563 g/mol. The SMILES string of the molecule is COC(=O)[C@H](Cc1ccc(Br)cc1)NC(=O)c1ccc(OCCOc2nc3ccccc3nc2C)cc1. The van der Waals surface area contributed by atoms with Crippen LogP contribution in [0.2, 0.25) is 0 Å². The van der Waals surface area contributed by atoms with Crippen LogP contribution < -0.4 is 14.8 Å². The first-order valence-corrected chi connectivity index (χ1v) is 12.4. The van der Waals surface area contributed by atoms with Gasteiger partial charge in [0.1, 0.15) is 30.7 Å². The molecule has 0 aliphatic carbocycles. The number of benzene rings is 3. The highest BCUT2D eigenvalue weighted by atomic mass is 79.9. The van der Waals surface area contributed by atoms with Crippen LogP contribution in [0, 0.1) is 6.92 Å². The summed E-state index contributed by atoms with van der Waals surface area (Å²) in [5, 5.41) is 2.76. The molecule has 4 rings (SSSR count). The van der Waals surface area contributed by atoms with Gasteiger partial charge in [0.15, 0.2) is 0 Å². The number of esters is 1. The van der Waals surface area contributed by atoms with Gasteiger partial charge in [-0.25, -0.2) is 14.8 Å². The quantitative estimate of drug-likeness (QED) is 0.221. The van der Waals surface area contributed by atoms with E-state index in [9.17, 15) is 9.59 Å². The van der Waals surface area contributed by atoms with Crippen LogP contribution in [0.4, 0.5) is 0 Å². The van der Waals surface area contributed by atoms with Gasteiger partial charge in [-0.15, -0.1) is 0 Å². The molecule has 9 heteroatoms. The maximum absolute atomic E-state index is 12.8. The minimum absolute atomic E-state index is 0.285. The molecule has 0 aliphatic heterocycles. The molecule has 0 fully saturated rings. The molecule has 0 radical (unpaired) electrons. The third kappa shape index (κ3) is 7.04. The lowest BCUT2D eigenvalue weighted by Gasteiger charge is -2.17. The zero-order chi connectivity index (χ0) is 26.2. The highest BCUT2D eigenvalue weighted by Crippen LogP contribution is 2.18. The molecule has 1 aromatic heterocycles. The van der Waals surface area contributed by atoms with Crippen molar-refractivity contribution in [3.8, 4) is 11.6 Å². The number of carbonyl (C=O) groups is 2. The molecule has 0 bridgehead atoms. The van der Waals surface area contributed by atoms with Crippen molar-refractivity contribution in [2.24, 2.45) is 0 Å². The van der Waals surface area contributed by atoms with E-state index in [1.54, 1.807) is 24.3 Å². The summed E-state index contributed by atoms with van der Waals surface area (Å²) in [4.78, 5) is 34.0. The van der Waals surface area contributed by atoms with Crippen LogP contribution in [0.25, 0.3) is 11.0 Å². The molecule has 0 unspecified atom stereocenters. The van der Waals surface area contributed by atoms with Crippen LogP contribution in [0.15, 0.2) is 77.3 Å². The fourth-order valence-corrected chi connectivity index (χ4v) is 3.91. The Bertz CT molecular complexity index is 1380. The van der Waals surface area contributed by atoms with Crippen molar-refractivity contribution in [3.05, 3.63) is 94.1 Å². The summed E-state index contributed by atoms with van der Waals surface area (Å²) in [6.07, 6.45) is 0.313.